The Bertz CT molecular complexity index is 468. The Morgan fingerprint density at radius 1 is 1.44 bits per heavy atom. The van der Waals surface area contributed by atoms with Crippen molar-refractivity contribution in [1.29, 1.82) is 0 Å². The number of rotatable bonds is 3. The summed E-state index contributed by atoms with van der Waals surface area (Å²) in [4.78, 5) is 7.87. The second-order valence-corrected chi connectivity index (χ2v) is 4.41. The van der Waals surface area contributed by atoms with E-state index >= 15 is 0 Å². The minimum absolute atomic E-state index is 0.171. The van der Waals surface area contributed by atoms with E-state index in [1.807, 2.05) is 26.1 Å². The van der Waals surface area contributed by atoms with Gasteiger partial charge in [-0.15, -0.1) is 0 Å². The first-order valence-corrected chi connectivity index (χ1v) is 5.34. The van der Waals surface area contributed by atoms with E-state index in [2.05, 4.69) is 29.1 Å². The number of aromatic nitrogens is 2. The Balaban J connectivity index is 2.44. The van der Waals surface area contributed by atoms with Gasteiger partial charge in [0.05, 0.1) is 11.8 Å². The van der Waals surface area contributed by atoms with Crippen LogP contribution in [-0.2, 0) is 5.54 Å². The van der Waals surface area contributed by atoms with Gasteiger partial charge < -0.3 is 14.7 Å². The molecule has 0 spiro atoms. The third-order valence-corrected chi connectivity index (χ3v) is 2.86. The lowest BCUT2D eigenvalue weighted by Crippen LogP contribution is -2.34. The topological polar surface area (TPSA) is 53.9 Å². The highest BCUT2D eigenvalue weighted by atomic mass is 16.3. The molecule has 0 aliphatic carbocycles. The lowest BCUT2D eigenvalue weighted by atomic mass is 10.1. The van der Waals surface area contributed by atoms with E-state index in [1.165, 1.54) is 0 Å². The van der Waals surface area contributed by atoms with E-state index in [9.17, 15) is 0 Å². The van der Waals surface area contributed by atoms with Crippen molar-refractivity contribution in [2.24, 2.45) is 0 Å². The normalized spacial score (nSPS) is 12.0. The molecule has 86 valence electrons. The average molecular weight is 219 g/mol. The van der Waals surface area contributed by atoms with Crippen LogP contribution in [0.3, 0.4) is 0 Å². The van der Waals surface area contributed by atoms with E-state index in [0.29, 0.717) is 0 Å². The van der Waals surface area contributed by atoms with Crippen LogP contribution in [0.5, 0.6) is 0 Å². The zero-order chi connectivity index (χ0) is 11.8. The smallest absolute Gasteiger partial charge is 0.154 e. The van der Waals surface area contributed by atoms with Crippen molar-refractivity contribution in [3.8, 4) is 11.5 Å². The Labute approximate surface area is 95.1 Å². The summed E-state index contributed by atoms with van der Waals surface area (Å²) in [7, 11) is 1.92. The molecule has 0 bridgehead atoms. The number of nitrogens with one attached hydrogen (secondary N) is 2. The average Bonchev–Trinajstić information content (AvgIpc) is 2.86. The summed E-state index contributed by atoms with van der Waals surface area (Å²) in [6, 6.07) is 3.78. The quantitative estimate of drug-likeness (QED) is 0.833. The number of furan rings is 1. The number of H-pyrrole nitrogens is 1. The van der Waals surface area contributed by atoms with Crippen LogP contribution in [0.4, 0.5) is 0 Å². The van der Waals surface area contributed by atoms with E-state index in [1.54, 1.807) is 6.26 Å². The summed E-state index contributed by atoms with van der Waals surface area (Å²) in [5, 5.41) is 3.22. The number of aryl methyl sites for hydroxylation is 1. The van der Waals surface area contributed by atoms with Gasteiger partial charge in [-0.25, -0.2) is 4.98 Å². The summed E-state index contributed by atoms with van der Waals surface area (Å²) in [5.41, 5.74) is 1.73. The molecule has 0 aliphatic heterocycles. The standard InChI is InChI=1S/C12H17N3O/c1-8-10(9-6-5-7-16-9)15-11(14-8)12(2,3)13-4/h5-7,13H,1-4H3,(H,14,15). The second-order valence-electron chi connectivity index (χ2n) is 4.41. The van der Waals surface area contributed by atoms with Crippen LogP contribution in [0.2, 0.25) is 0 Å². The first kappa shape index (κ1) is 11.0. The zero-order valence-electron chi connectivity index (χ0n) is 10.1. The maximum atomic E-state index is 5.36. The number of nitrogens with zero attached hydrogens (tertiary/aromatic N) is 1. The summed E-state index contributed by atoms with van der Waals surface area (Å²) < 4.78 is 5.36. The van der Waals surface area contributed by atoms with Crippen molar-refractivity contribution >= 4 is 0 Å². The molecular formula is C12H17N3O. The molecule has 2 rings (SSSR count). The van der Waals surface area contributed by atoms with Gasteiger partial charge in [0.25, 0.3) is 0 Å². The molecule has 0 aliphatic rings. The minimum atomic E-state index is -0.171. The molecule has 16 heavy (non-hydrogen) atoms. The number of imidazole rings is 1. The van der Waals surface area contributed by atoms with Gasteiger partial charge in [0.2, 0.25) is 0 Å². The summed E-state index contributed by atoms with van der Waals surface area (Å²) in [6.07, 6.45) is 1.66. The van der Waals surface area contributed by atoms with Gasteiger partial charge in [-0.05, 0) is 40.0 Å². The SMILES string of the molecule is CNC(C)(C)c1nc(-c2ccco2)c(C)[nH]1. The zero-order valence-corrected chi connectivity index (χ0v) is 10.1. The van der Waals surface area contributed by atoms with E-state index < -0.39 is 0 Å². The molecule has 0 radical (unpaired) electrons. The Kier molecular flexibility index (Phi) is 2.59. The van der Waals surface area contributed by atoms with Gasteiger partial charge in [0.1, 0.15) is 11.5 Å². The van der Waals surface area contributed by atoms with Crippen LogP contribution in [-0.4, -0.2) is 17.0 Å². The minimum Gasteiger partial charge on any atom is -0.463 e. The monoisotopic (exact) mass is 219 g/mol. The molecule has 4 nitrogen and oxygen atoms in total. The van der Waals surface area contributed by atoms with Gasteiger partial charge in [-0.2, -0.15) is 0 Å². The maximum absolute atomic E-state index is 5.36. The third kappa shape index (κ3) is 1.76. The number of hydrogen-bond acceptors (Lipinski definition) is 3. The van der Waals surface area contributed by atoms with Crippen LogP contribution >= 0.6 is 0 Å². The molecule has 0 unspecified atom stereocenters. The summed E-state index contributed by atoms with van der Waals surface area (Å²) in [6.45, 7) is 6.16. The molecule has 0 saturated carbocycles. The van der Waals surface area contributed by atoms with Crippen molar-refractivity contribution in [2.75, 3.05) is 7.05 Å². The molecule has 2 N–H and O–H groups in total. The summed E-state index contributed by atoms with van der Waals surface area (Å²) >= 11 is 0. The first-order valence-electron chi connectivity index (χ1n) is 5.34. The fraction of sp³-hybridized carbons (Fsp3) is 0.417. The van der Waals surface area contributed by atoms with Crippen molar-refractivity contribution in [2.45, 2.75) is 26.3 Å². The van der Waals surface area contributed by atoms with Crippen molar-refractivity contribution in [3.63, 3.8) is 0 Å². The fourth-order valence-corrected chi connectivity index (χ4v) is 1.53. The highest BCUT2D eigenvalue weighted by molar-refractivity contribution is 5.55. The van der Waals surface area contributed by atoms with Crippen LogP contribution in [0.25, 0.3) is 11.5 Å². The van der Waals surface area contributed by atoms with Crippen molar-refractivity contribution in [1.82, 2.24) is 15.3 Å². The van der Waals surface area contributed by atoms with E-state index in [4.69, 9.17) is 4.42 Å². The van der Waals surface area contributed by atoms with Gasteiger partial charge >= 0.3 is 0 Å². The van der Waals surface area contributed by atoms with Crippen LogP contribution in [0.15, 0.2) is 22.8 Å². The second kappa shape index (κ2) is 3.79. The third-order valence-electron chi connectivity index (χ3n) is 2.86. The predicted molar refractivity (Wildman–Crippen MR) is 63.1 cm³/mol. The molecule has 0 fully saturated rings. The van der Waals surface area contributed by atoms with Gasteiger partial charge in [-0.1, -0.05) is 0 Å². The Hall–Kier alpha value is -1.55. The largest absolute Gasteiger partial charge is 0.463 e. The Morgan fingerprint density at radius 2 is 2.19 bits per heavy atom. The van der Waals surface area contributed by atoms with Crippen molar-refractivity contribution in [3.05, 3.63) is 29.9 Å². The van der Waals surface area contributed by atoms with Crippen LogP contribution in [0.1, 0.15) is 25.4 Å². The van der Waals surface area contributed by atoms with Crippen LogP contribution < -0.4 is 5.32 Å². The lowest BCUT2D eigenvalue weighted by molar-refractivity contribution is 0.420. The van der Waals surface area contributed by atoms with Gasteiger partial charge in [-0.3, -0.25) is 0 Å². The van der Waals surface area contributed by atoms with E-state index in [0.717, 1.165) is 23.0 Å². The molecule has 0 atom stereocenters. The summed E-state index contributed by atoms with van der Waals surface area (Å²) in [5.74, 6) is 1.71. The maximum Gasteiger partial charge on any atom is 0.154 e. The molecular weight excluding hydrogens is 202 g/mol. The molecule has 4 heteroatoms. The van der Waals surface area contributed by atoms with E-state index in [-0.39, 0.29) is 5.54 Å². The molecule has 2 aromatic rings. The highest BCUT2D eigenvalue weighted by Crippen LogP contribution is 2.25. The first-order chi connectivity index (χ1) is 7.54. The lowest BCUT2D eigenvalue weighted by Gasteiger charge is -2.20. The van der Waals surface area contributed by atoms with Crippen molar-refractivity contribution < 1.29 is 4.42 Å². The highest BCUT2D eigenvalue weighted by Gasteiger charge is 2.23. The van der Waals surface area contributed by atoms with Crippen LogP contribution in [0, 0.1) is 6.92 Å². The molecule has 0 amide bonds. The molecule has 2 heterocycles. The van der Waals surface area contributed by atoms with Gasteiger partial charge in [0, 0.05) is 5.69 Å². The number of hydrogen-bond donors (Lipinski definition) is 2. The molecule has 0 saturated heterocycles. The van der Waals surface area contributed by atoms with Gasteiger partial charge in [0.15, 0.2) is 5.76 Å². The fourth-order valence-electron chi connectivity index (χ4n) is 1.53. The molecule has 2 aromatic heterocycles. The number of aromatic amines is 1. The Morgan fingerprint density at radius 3 is 2.75 bits per heavy atom. The molecule has 0 aromatic carbocycles. The predicted octanol–water partition coefficient (Wildman–Crippen LogP) is 2.43.